The molecule has 1 saturated heterocycles. The maximum absolute atomic E-state index is 4.53. The van der Waals surface area contributed by atoms with Crippen LogP contribution in [0.5, 0.6) is 0 Å². The van der Waals surface area contributed by atoms with Gasteiger partial charge in [-0.3, -0.25) is 4.99 Å². The largest absolute Gasteiger partial charge is 0.369 e. The van der Waals surface area contributed by atoms with Crippen LogP contribution >= 0.6 is 24.0 Å². The quantitative estimate of drug-likeness (QED) is 0.278. The number of nitrogens with one attached hydrogen (secondary N) is 2. The number of anilines is 1. The molecule has 4 rings (SSSR count). The van der Waals surface area contributed by atoms with Gasteiger partial charge in [0.25, 0.3) is 0 Å². The number of piperidine rings is 1. The van der Waals surface area contributed by atoms with E-state index in [1.54, 1.807) is 0 Å². The van der Waals surface area contributed by atoms with Crippen LogP contribution in [0.15, 0.2) is 72.0 Å². The topological polar surface area (TPSA) is 57.5 Å². The summed E-state index contributed by atoms with van der Waals surface area (Å²) in [5.41, 5.74) is 3.86. The van der Waals surface area contributed by atoms with E-state index in [1.807, 2.05) is 25.5 Å². The Morgan fingerprint density at radius 1 is 1.12 bits per heavy atom. The van der Waals surface area contributed by atoms with Gasteiger partial charge in [-0.1, -0.05) is 48.0 Å². The molecule has 0 spiro atoms. The van der Waals surface area contributed by atoms with Crippen LogP contribution < -0.4 is 15.5 Å². The van der Waals surface area contributed by atoms with E-state index < -0.39 is 0 Å². The van der Waals surface area contributed by atoms with Crippen molar-refractivity contribution in [2.75, 3.05) is 25.0 Å². The molecule has 6 nitrogen and oxygen atoms in total. The second-order valence-electron chi connectivity index (χ2n) is 8.15. The van der Waals surface area contributed by atoms with Gasteiger partial charge in [0, 0.05) is 50.8 Å². The van der Waals surface area contributed by atoms with Crippen LogP contribution in [0.3, 0.4) is 0 Å². The van der Waals surface area contributed by atoms with Gasteiger partial charge in [0.05, 0.1) is 6.54 Å². The molecule has 0 saturated carbocycles. The number of aromatic nitrogens is 2. The lowest BCUT2D eigenvalue weighted by Crippen LogP contribution is -2.51. The first-order valence-electron chi connectivity index (χ1n) is 11.0. The Morgan fingerprint density at radius 3 is 2.66 bits per heavy atom. The third-order valence-electron chi connectivity index (χ3n) is 5.80. The highest BCUT2D eigenvalue weighted by Gasteiger charge is 2.21. The zero-order chi connectivity index (χ0) is 21.5. The van der Waals surface area contributed by atoms with Crippen LogP contribution in [0.1, 0.15) is 29.8 Å². The van der Waals surface area contributed by atoms with Crippen LogP contribution in [0, 0.1) is 6.92 Å². The molecule has 1 fully saturated rings. The third kappa shape index (κ3) is 6.48. The van der Waals surface area contributed by atoms with Crippen molar-refractivity contribution in [1.29, 1.82) is 0 Å². The molecule has 1 aliphatic rings. The molecular weight excluding hydrogens is 511 g/mol. The fraction of sp³-hybridized carbons (Fsp3) is 0.360. The van der Waals surface area contributed by atoms with Gasteiger partial charge in [-0.25, -0.2) is 4.98 Å². The minimum atomic E-state index is 0. The van der Waals surface area contributed by atoms with Crippen LogP contribution in [0.25, 0.3) is 0 Å². The molecule has 0 aliphatic carbocycles. The summed E-state index contributed by atoms with van der Waals surface area (Å²) in [6.07, 6.45) is 6.20. The Bertz CT molecular complexity index is 983. The summed E-state index contributed by atoms with van der Waals surface area (Å²) < 4.78 is 2.18. The van der Waals surface area contributed by atoms with Crippen molar-refractivity contribution >= 4 is 35.6 Å². The number of imidazole rings is 1. The number of benzene rings is 2. The third-order valence-corrected chi connectivity index (χ3v) is 5.80. The molecular formula is C25H33IN6. The van der Waals surface area contributed by atoms with Crippen molar-refractivity contribution in [3.8, 4) is 0 Å². The summed E-state index contributed by atoms with van der Waals surface area (Å²) in [5, 5.41) is 7.05. The predicted octanol–water partition coefficient (Wildman–Crippen LogP) is 4.19. The molecule has 2 N–H and O–H groups in total. The lowest BCUT2D eigenvalue weighted by Gasteiger charge is -2.35. The van der Waals surface area contributed by atoms with Gasteiger partial charge >= 0.3 is 0 Å². The maximum Gasteiger partial charge on any atom is 0.191 e. The molecule has 32 heavy (non-hydrogen) atoms. The zero-order valence-electron chi connectivity index (χ0n) is 18.9. The van der Waals surface area contributed by atoms with Crippen molar-refractivity contribution in [2.24, 2.45) is 4.99 Å². The van der Waals surface area contributed by atoms with E-state index >= 15 is 0 Å². The first-order valence-corrected chi connectivity index (χ1v) is 11.0. The number of hydrogen-bond donors (Lipinski definition) is 2. The highest BCUT2D eigenvalue weighted by Crippen LogP contribution is 2.20. The Labute approximate surface area is 208 Å². The van der Waals surface area contributed by atoms with E-state index in [2.05, 4.69) is 85.5 Å². The van der Waals surface area contributed by atoms with E-state index in [0.29, 0.717) is 12.6 Å². The molecule has 3 aromatic rings. The van der Waals surface area contributed by atoms with E-state index in [4.69, 9.17) is 0 Å². The van der Waals surface area contributed by atoms with Gasteiger partial charge in [0.1, 0.15) is 5.82 Å². The highest BCUT2D eigenvalue weighted by molar-refractivity contribution is 14.0. The highest BCUT2D eigenvalue weighted by atomic mass is 127. The molecule has 0 radical (unpaired) electrons. The average Bonchev–Trinajstić information content (AvgIpc) is 3.25. The number of guanidine groups is 1. The Balaban J connectivity index is 0.00000289. The minimum Gasteiger partial charge on any atom is -0.369 e. The number of nitrogens with zero attached hydrogens (tertiary/aromatic N) is 4. The maximum atomic E-state index is 4.53. The molecule has 1 aliphatic heterocycles. The van der Waals surface area contributed by atoms with E-state index in [1.165, 1.54) is 23.2 Å². The van der Waals surface area contributed by atoms with Gasteiger partial charge in [0.15, 0.2) is 5.96 Å². The summed E-state index contributed by atoms with van der Waals surface area (Å²) in [5.74, 6) is 1.82. The molecule has 0 amide bonds. The molecule has 1 aromatic heterocycles. The standard InChI is InChI=1S/C25H32N6.HI/c1-20-10-12-23(13-11-20)30-15-6-9-22(19-30)29-25(26-2)28-17-24-27-14-16-31(24)18-21-7-4-3-5-8-21;/h3-5,7-8,10-14,16,22H,6,9,15,17-19H2,1-2H3,(H2,26,28,29);1H. The number of rotatable bonds is 6. The average molecular weight is 544 g/mol. The molecule has 1 atom stereocenters. The fourth-order valence-corrected chi connectivity index (χ4v) is 4.07. The lowest BCUT2D eigenvalue weighted by molar-refractivity contribution is 0.467. The Kier molecular flexibility index (Phi) is 8.96. The molecule has 0 bridgehead atoms. The van der Waals surface area contributed by atoms with E-state index in [-0.39, 0.29) is 24.0 Å². The summed E-state index contributed by atoms with van der Waals surface area (Å²) in [6.45, 7) is 5.66. The van der Waals surface area contributed by atoms with Crippen molar-refractivity contribution in [3.05, 3.63) is 83.9 Å². The Morgan fingerprint density at radius 2 is 1.91 bits per heavy atom. The molecule has 1 unspecified atom stereocenters. The second-order valence-corrected chi connectivity index (χ2v) is 8.15. The van der Waals surface area contributed by atoms with Gasteiger partial charge in [-0.05, 0) is 37.5 Å². The number of hydrogen-bond acceptors (Lipinski definition) is 3. The second kappa shape index (κ2) is 11.9. The monoisotopic (exact) mass is 544 g/mol. The van der Waals surface area contributed by atoms with E-state index in [0.717, 1.165) is 37.8 Å². The summed E-state index contributed by atoms with van der Waals surface area (Å²) in [7, 11) is 1.83. The van der Waals surface area contributed by atoms with Gasteiger partial charge in [0.2, 0.25) is 0 Å². The minimum absolute atomic E-state index is 0. The van der Waals surface area contributed by atoms with Crippen LogP contribution in [0.4, 0.5) is 5.69 Å². The number of halogens is 1. The first-order chi connectivity index (χ1) is 15.2. The summed E-state index contributed by atoms with van der Waals surface area (Å²) >= 11 is 0. The van der Waals surface area contributed by atoms with Crippen molar-refractivity contribution in [1.82, 2.24) is 20.2 Å². The van der Waals surface area contributed by atoms with Gasteiger partial charge in [-0.15, -0.1) is 24.0 Å². The number of aliphatic imine (C=N–C) groups is 1. The van der Waals surface area contributed by atoms with Crippen LogP contribution in [0.2, 0.25) is 0 Å². The smallest absolute Gasteiger partial charge is 0.191 e. The van der Waals surface area contributed by atoms with Crippen LogP contribution in [-0.2, 0) is 13.1 Å². The molecule has 7 heteroatoms. The predicted molar refractivity (Wildman–Crippen MR) is 143 cm³/mol. The first kappa shape index (κ1) is 24.1. The van der Waals surface area contributed by atoms with Crippen LogP contribution in [-0.4, -0.2) is 41.7 Å². The summed E-state index contributed by atoms with van der Waals surface area (Å²) in [6, 6.07) is 19.6. The van der Waals surface area contributed by atoms with Crippen molar-refractivity contribution < 1.29 is 0 Å². The van der Waals surface area contributed by atoms with Gasteiger partial charge < -0.3 is 20.1 Å². The van der Waals surface area contributed by atoms with Gasteiger partial charge in [-0.2, -0.15) is 0 Å². The molecule has 2 aromatic carbocycles. The van der Waals surface area contributed by atoms with Crippen molar-refractivity contribution in [2.45, 2.75) is 38.9 Å². The Hall–Kier alpha value is -2.55. The van der Waals surface area contributed by atoms with Crippen molar-refractivity contribution in [3.63, 3.8) is 0 Å². The number of aryl methyl sites for hydroxylation is 1. The normalized spacial score (nSPS) is 16.4. The SMILES string of the molecule is CN=C(NCc1nccn1Cc1ccccc1)NC1CCCN(c2ccc(C)cc2)C1.I. The fourth-order valence-electron chi connectivity index (χ4n) is 4.07. The van der Waals surface area contributed by atoms with E-state index in [9.17, 15) is 0 Å². The zero-order valence-corrected chi connectivity index (χ0v) is 21.2. The molecule has 170 valence electrons. The lowest BCUT2D eigenvalue weighted by atomic mass is 10.0. The summed E-state index contributed by atoms with van der Waals surface area (Å²) in [4.78, 5) is 11.4. The molecule has 2 heterocycles.